The van der Waals surface area contributed by atoms with Crippen LogP contribution in [-0.4, -0.2) is 53.7 Å². The maximum absolute atomic E-state index is 13.0. The predicted octanol–water partition coefficient (Wildman–Crippen LogP) is 2.63. The molecule has 3 amide bonds. The Balaban J connectivity index is 1.58. The van der Waals surface area contributed by atoms with Gasteiger partial charge < -0.3 is 25.8 Å². The Morgan fingerprint density at radius 1 is 1.09 bits per heavy atom. The molecule has 1 saturated heterocycles. The smallest absolute Gasteiger partial charge is 0.408 e. The van der Waals surface area contributed by atoms with Gasteiger partial charge in [-0.1, -0.05) is 44.2 Å². The van der Waals surface area contributed by atoms with Gasteiger partial charge in [-0.2, -0.15) is 0 Å². The highest BCUT2D eigenvalue weighted by atomic mass is 16.6. The lowest BCUT2D eigenvalue weighted by Crippen LogP contribution is -2.53. The normalized spacial score (nSPS) is 23.4. The highest BCUT2D eigenvalue weighted by Gasteiger charge is 2.35. The molecule has 1 aliphatic carbocycles. The minimum absolute atomic E-state index is 0.00892. The number of carboxylic acid groups (broad SMARTS) is 1. The summed E-state index contributed by atoms with van der Waals surface area (Å²) in [7, 11) is 0. The number of hydrogen-bond acceptors (Lipinski definition) is 5. The van der Waals surface area contributed by atoms with Crippen LogP contribution in [0.2, 0.25) is 0 Å². The molecule has 4 N–H and O–H groups in total. The topological polar surface area (TPSA) is 134 Å². The number of nitrogens with one attached hydrogen (secondary N) is 3. The first kappa shape index (κ1) is 26.5. The zero-order valence-electron chi connectivity index (χ0n) is 20.5. The monoisotopic (exact) mass is 487 g/mol. The van der Waals surface area contributed by atoms with Crippen molar-refractivity contribution in [2.45, 2.75) is 77.0 Å². The van der Waals surface area contributed by atoms with E-state index in [2.05, 4.69) is 28.1 Å². The molecule has 35 heavy (non-hydrogen) atoms. The summed E-state index contributed by atoms with van der Waals surface area (Å²) < 4.78 is 5.73. The molecule has 0 spiro atoms. The molecule has 1 aliphatic heterocycles. The summed E-state index contributed by atoms with van der Waals surface area (Å²) in [6.45, 7) is 4.33. The summed E-state index contributed by atoms with van der Waals surface area (Å²) in [6.07, 6.45) is 3.51. The van der Waals surface area contributed by atoms with Crippen LogP contribution in [0.15, 0.2) is 30.3 Å². The third kappa shape index (κ3) is 7.97. The molecule has 4 unspecified atom stereocenters. The molecule has 0 radical (unpaired) electrons. The molecular formula is C26H37N3O6. The number of amides is 3. The van der Waals surface area contributed by atoms with Gasteiger partial charge in [0.1, 0.15) is 18.2 Å². The Labute approximate surface area is 206 Å². The molecule has 1 saturated carbocycles. The summed E-state index contributed by atoms with van der Waals surface area (Å²) in [5.41, 5.74) is 1.20. The average Bonchev–Trinajstić information content (AvgIpc) is 3.41. The number of benzene rings is 1. The Morgan fingerprint density at radius 3 is 2.46 bits per heavy atom. The number of aliphatic carboxylic acids is 1. The van der Waals surface area contributed by atoms with Crippen LogP contribution < -0.4 is 16.0 Å². The minimum Gasteiger partial charge on any atom is -0.480 e. The highest BCUT2D eigenvalue weighted by Crippen LogP contribution is 2.31. The molecule has 9 nitrogen and oxygen atoms in total. The number of carbonyl (C=O) groups excluding carboxylic acids is 3. The van der Waals surface area contributed by atoms with Crippen LogP contribution in [0.4, 0.5) is 4.79 Å². The van der Waals surface area contributed by atoms with Gasteiger partial charge in [0.15, 0.2) is 0 Å². The third-order valence-corrected chi connectivity index (χ3v) is 6.80. The first-order valence-corrected chi connectivity index (χ1v) is 12.5. The Bertz CT molecular complexity index is 890. The Hall–Kier alpha value is -3.10. The molecule has 5 atom stereocenters. The van der Waals surface area contributed by atoms with E-state index in [1.165, 1.54) is 5.56 Å². The molecule has 2 fully saturated rings. The van der Waals surface area contributed by atoms with Crippen LogP contribution in [0, 0.1) is 17.8 Å². The summed E-state index contributed by atoms with van der Waals surface area (Å²) in [6, 6.07) is 7.93. The van der Waals surface area contributed by atoms with Crippen LogP contribution in [0.3, 0.4) is 0 Å². The van der Waals surface area contributed by atoms with Crippen molar-refractivity contribution in [3.05, 3.63) is 35.9 Å². The molecule has 9 heteroatoms. The van der Waals surface area contributed by atoms with Crippen molar-refractivity contribution in [3.8, 4) is 0 Å². The van der Waals surface area contributed by atoms with E-state index in [1.807, 2.05) is 32.0 Å². The van der Waals surface area contributed by atoms with Crippen LogP contribution in [0.5, 0.6) is 0 Å². The molecule has 2 aliphatic rings. The van der Waals surface area contributed by atoms with Gasteiger partial charge in [0, 0.05) is 18.4 Å². The van der Waals surface area contributed by atoms with Crippen molar-refractivity contribution >= 4 is 23.9 Å². The van der Waals surface area contributed by atoms with E-state index in [1.54, 1.807) is 0 Å². The van der Waals surface area contributed by atoms with E-state index >= 15 is 0 Å². The van der Waals surface area contributed by atoms with Crippen LogP contribution in [0.25, 0.3) is 0 Å². The van der Waals surface area contributed by atoms with E-state index in [9.17, 15) is 24.3 Å². The van der Waals surface area contributed by atoms with Gasteiger partial charge in [0.05, 0.1) is 0 Å². The molecule has 192 valence electrons. The summed E-state index contributed by atoms with van der Waals surface area (Å²) >= 11 is 0. The predicted molar refractivity (Wildman–Crippen MR) is 129 cm³/mol. The quantitative estimate of drug-likeness (QED) is 0.379. The van der Waals surface area contributed by atoms with Gasteiger partial charge >= 0.3 is 12.1 Å². The summed E-state index contributed by atoms with van der Waals surface area (Å²) in [5, 5.41) is 17.5. The largest absolute Gasteiger partial charge is 0.480 e. The van der Waals surface area contributed by atoms with Crippen molar-refractivity contribution < 1.29 is 29.0 Å². The molecule has 1 heterocycles. The van der Waals surface area contributed by atoms with Gasteiger partial charge in [0.2, 0.25) is 11.8 Å². The lowest BCUT2D eigenvalue weighted by Gasteiger charge is -2.25. The standard InChI is InChI=1S/C26H37N3O6/c1-16(2)13-20(24(31)28-21(25(32)33)15-19-11-12-27-23(19)30)29-26(34)35-22-10-6-9-18(22)14-17-7-4-3-5-8-17/h3-5,7-8,16,18-22H,6,9-15H2,1-2H3,(H,27,30)(H,28,31)(H,29,34)(H,32,33)/t18?,19-,20?,21?,22?/m0/s1. The zero-order valence-corrected chi connectivity index (χ0v) is 20.5. The number of rotatable bonds is 11. The Kier molecular flexibility index (Phi) is 9.51. The van der Waals surface area contributed by atoms with Gasteiger partial charge in [0.25, 0.3) is 0 Å². The number of carboxylic acids is 1. The highest BCUT2D eigenvalue weighted by molar-refractivity contribution is 5.90. The van der Waals surface area contributed by atoms with E-state index < -0.39 is 36.0 Å². The van der Waals surface area contributed by atoms with Crippen LogP contribution >= 0.6 is 0 Å². The van der Waals surface area contributed by atoms with Crippen molar-refractivity contribution in [2.24, 2.45) is 17.8 Å². The second-order valence-corrected chi connectivity index (χ2v) is 10.1. The summed E-state index contributed by atoms with van der Waals surface area (Å²) in [5.74, 6) is -2.16. The molecule has 1 aromatic carbocycles. The van der Waals surface area contributed by atoms with Gasteiger partial charge in [-0.3, -0.25) is 9.59 Å². The number of ether oxygens (including phenoxy) is 1. The van der Waals surface area contributed by atoms with Crippen LogP contribution in [-0.2, 0) is 25.5 Å². The maximum Gasteiger partial charge on any atom is 0.408 e. The van der Waals surface area contributed by atoms with Gasteiger partial charge in [-0.25, -0.2) is 9.59 Å². The number of carbonyl (C=O) groups is 4. The zero-order chi connectivity index (χ0) is 25.4. The van der Waals surface area contributed by atoms with Gasteiger partial charge in [-0.05, 0) is 56.4 Å². The fraction of sp³-hybridized carbons (Fsp3) is 0.615. The molecule has 0 bridgehead atoms. The number of alkyl carbamates (subject to hydrolysis) is 1. The van der Waals surface area contributed by atoms with Crippen LogP contribution in [0.1, 0.15) is 57.9 Å². The maximum atomic E-state index is 13.0. The lowest BCUT2D eigenvalue weighted by molar-refractivity contribution is -0.143. The van der Waals surface area contributed by atoms with E-state index in [-0.39, 0.29) is 30.3 Å². The molecule has 0 aromatic heterocycles. The third-order valence-electron chi connectivity index (χ3n) is 6.80. The molecule has 3 rings (SSSR count). The fourth-order valence-electron chi connectivity index (χ4n) is 4.97. The Morgan fingerprint density at radius 2 is 1.83 bits per heavy atom. The lowest BCUT2D eigenvalue weighted by atomic mass is 9.96. The number of hydrogen-bond donors (Lipinski definition) is 4. The van der Waals surface area contributed by atoms with Gasteiger partial charge in [-0.15, -0.1) is 0 Å². The SMILES string of the molecule is CC(C)CC(NC(=O)OC1CCCC1Cc1ccccc1)C(=O)NC(C[C@@H]1CCNC1=O)C(=O)O. The van der Waals surface area contributed by atoms with E-state index in [0.29, 0.717) is 19.4 Å². The van der Waals surface area contributed by atoms with Crippen molar-refractivity contribution in [2.75, 3.05) is 6.54 Å². The second kappa shape index (κ2) is 12.6. The van der Waals surface area contributed by atoms with Crippen molar-refractivity contribution in [3.63, 3.8) is 0 Å². The van der Waals surface area contributed by atoms with E-state index in [4.69, 9.17) is 4.74 Å². The van der Waals surface area contributed by atoms with Crippen molar-refractivity contribution in [1.29, 1.82) is 0 Å². The fourth-order valence-corrected chi connectivity index (χ4v) is 4.97. The minimum atomic E-state index is -1.21. The molecule has 1 aromatic rings. The summed E-state index contributed by atoms with van der Waals surface area (Å²) in [4.78, 5) is 49.3. The first-order valence-electron chi connectivity index (χ1n) is 12.5. The first-order chi connectivity index (χ1) is 16.7. The molecular weight excluding hydrogens is 450 g/mol. The second-order valence-electron chi connectivity index (χ2n) is 10.1. The average molecular weight is 488 g/mol. The van der Waals surface area contributed by atoms with E-state index in [0.717, 1.165) is 25.7 Å². The van der Waals surface area contributed by atoms with Crippen molar-refractivity contribution in [1.82, 2.24) is 16.0 Å².